The molecule has 1 aliphatic heterocycles. The van der Waals surface area contributed by atoms with Crippen molar-refractivity contribution < 1.29 is 43.5 Å². The molecule has 194 valence electrons. The molecule has 1 fully saturated rings. The Hall–Kier alpha value is -2.91. The smallest absolute Gasteiger partial charge is 0.305 e. The number of ether oxygens (including phenoxy) is 4. The molecule has 0 bridgehead atoms. The van der Waals surface area contributed by atoms with Crippen molar-refractivity contribution in [3.63, 3.8) is 0 Å². The topological polar surface area (TPSA) is 118 Å². The maximum absolute atomic E-state index is 12.1. The Bertz CT molecular complexity index is 896. The molecule has 1 aliphatic carbocycles. The summed E-state index contributed by atoms with van der Waals surface area (Å²) < 4.78 is 22.6. The molecule has 1 N–H and O–H groups in total. The van der Waals surface area contributed by atoms with Crippen LogP contribution in [-0.2, 0) is 38.2 Å². The summed E-state index contributed by atoms with van der Waals surface area (Å²) in [6.45, 7) is 15.8. The van der Waals surface area contributed by atoms with Crippen molar-refractivity contribution in [2.24, 2.45) is 11.8 Å². The lowest BCUT2D eigenvalue weighted by molar-refractivity contribution is -0.270. The van der Waals surface area contributed by atoms with Crippen LogP contribution < -0.4 is 0 Å². The zero-order chi connectivity index (χ0) is 26.3. The standard InChI is InChI=1S/C26H36O9/c1-14(2)12-23(32-17(5)27)25(33-18(6)28)21-13-31-26(34-19(7)29)24-16(4)9-11-22(35-30)15(3)8-10-20(21)24/h12-13,20,22-26,30H,3-4,8-11H2,1-2,5-7H3/t20-,22+,23+,24+,25-,26-/m1/s1. The quantitative estimate of drug-likeness (QED) is 0.181. The van der Waals surface area contributed by atoms with E-state index in [2.05, 4.69) is 18.0 Å². The summed E-state index contributed by atoms with van der Waals surface area (Å²) in [6.07, 6.45) is 1.56. The van der Waals surface area contributed by atoms with Gasteiger partial charge in [-0.2, -0.15) is 0 Å². The van der Waals surface area contributed by atoms with Crippen LogP contribution in [0.15, 0.2) is 47.8 Å². The van der Waals surface area contributed by atoms with Crippen LogP contribution in [0.3, 0.4) is 0 Å². The third-order valence-corrected chi connectivity index (χ3v) is 6.05. The molecule has 1 saturated carbocycles. The zero-order valence-corrected chi connectivity index (χ0v) is 21.1. The number of rotatable bonds is 7. The largest absolute Gasteiger partial charge is 0.462 e. The second-order valence-electron chi connectivity index (χ2n) is 9.20. The second-order valence-corrected chi connectivity index (χ2v) is 9.20. The van der Waals surface area contributed by atoms with Crippen LogP contribution in [0.25, 0.3) is 0 Å². The number of esters is 3. The van der Waals surface area contributed by atoms with Gasteiger partial charge >= 0.3 is 17.9 Å². The summed E-state index contributed by atoms with van der Waals surface area (Å²) in [7, 11) is 0. The highest BCUT2D eigenvalue weighted by Gasteiger charge is 2.45. The normalized spacial score (nSPS) is 26.3. The summed E-state index contributed by atoms with van der Waals surface area (Å²) in [5, 5.41) is 9.36. The number of allylic oxidation sites excluding steroid dienone is 1. The lowest BCUT2D eigenvalue weighted by Crippen LogP contribution is -2.44. The van der Waals surface area contributed by atoms with Crippen LogP contribution >= 0.6 is 0 Å². The summed E-state index contributed by atoms with van der Waals surface area (Å²) >= 11 is 0. The molecule has 0 aromatic heterocycles. The average Bonchev–Trinajstić information content (AvgIpc) is 2.80. The van der Waals surface area contributed by atoms with Gasteiger partial charge in [-0.25, -0.2) is 4.89 Å². The van der Waals surface area contributed by atoms with Gasteiger partial charge in [-0.3, -0.25) is 19.6 Å². The van der Waals surface area contributed by atoms with Gasteiger partial charge < -0.3 is 18.9 Å². The number of carbonyl (C=O) groups excluding carboxylic acids is 3. The van der Waals surface area contributed by atoms with Crippen LogP contribution in [0.2, 0.25) is 0 Å². The molecule has 2 rings (SSSR count). The number of carbonyl (C=O) groups is 3. The molecule has 0 aromatic carbocycles. The highest BCUT2D eigenvalue weighted by Crippen LogP contribution is 2.44. The van der Waals surface area contributed by atoms with Gasteiger partial charge in [0.05, 0.1) is 12.2 Å². The first-order valence-corrected chi connectivity index (χ1v) is 11.6. The number of fused-ring (bicyclic) bond motifs is 1. The van der Waals surface area contributed by atoms with Crippen LogP contribution in [-0.4, -0.2) is 47.8 Å². The predicted molar refractivity (Wildman–Crippen MR) is 126 cm³/mol. The highest BCUT2D eigenvalue weighted by molar-refractivity contribution is 5.68. The van der Waals surface area contributed by atoms with E-state index < -0.39 is 48.4 Å². The first-order chi connectivity index (χ1) is 16.4. The van der Waals surface area contributed by atoms with Crippen molar-refractivity contribution in [3.05, 3.63) is 47.8 Å². The van der Waals surface area contributed by atoms with Gasteiger partial charge in [0, 0.05) is 32.3 Å². The molecule has 6 atom stereocenters. The lowest BCUT2D eigenvalue weighted by Gasteiger charge is -2.41. The van der Waals surface area contributed by atoms with E-state index in [0.717, 1.165) is 11.1 Å². The highest BCUT2D eigenvalue weighted by atomic mass is 17.1. The fourth-order valence-corrected chi connectivity index (χ4v) is 4.60. The zero-order valence-electron chi connectivity index (χ0n) is 21.1. The van der Waals surface area contributed by atoms with Gasteiger partial charge in [0.25, 0.3) is 0 Å². The fraction of sp³-hybridized carbons (Fsp3) is 0.577. The van der Waals surface area contributed by atoms with E-state index in [-0.39, 0.29) is 5.92 Å². The van der Waals surface area contributed by atoms with Gasteiger partial charge in [-0.05, 0) is 51.2 Å². The summed E-state index contributed by atoms with van der Waals surface area (Å²) in [5.74, 6) is -2.45. The Morgan fingerprint density at radius 1 is 1.00 bits per heavy atom. The van der Waals surface area contributed by atoms with E-state index in [4.69, 9.17) is 18.9 Å². The first-order valence-electron chi connectivity index (χ1n) is 11.6. The minimum atomic E-state index is -0.983. The van der Waals surface area contributed by atoms with E-state index in [0.29, 0.717) is 36.8 Å². The molecule has 9 nitrogen and oxygen atoms in total. The molecular formula is C26H36O9. The van der Waals surface area contributed by atoms with Gasteiger partial charge in [-0.15, -0.1) is 0 Å². The summed E-state index contributed by atoms with van der Waals surface area (Å²) in [6, 6.07) is 0. The second kappa shape index (κ2) is 12.7. The summed E-state index contributed by atoms with van der Waals surface area (Å²) in [5.41, 5.74) is 2.84. The average molecular weight is 493 g/mol. The van der Waals surface area contributed by atoms with Gasteiger partial charge in [0.2, 0.25) is 6.29 Å². The van der Waals surface area contributed by atoms with E-state index in [1.165, 1.54) is 27.0 Å². The van der Waals surface area contributed by atoms with Crippen LogP contribution in [0.1, 0.15) is 60.3 Å². The Morgan fingerprint density at radius 2 is 1.63 bits per heavy atom. The van der Waals surface area contributed by atoms with Gasteiger partial charge in [-0.1, -0.05) is 24.3 Å². The first kappa shape index (κ1) is 28.3. The molecule has 0 amide bonds. The minimum absolute atomic E-state index is 0.359. The van der Waals surface area contributed by atoms with Crippen molar-refractivity contribution in [2.45, 2.75) is 84.9 Å². The van der Waals surface area contributed by atoms with Crippen LogP contribution in [0, 0.1) is 11.8 Å². The maximum Gasteiger partial charge on any atom is 0.305 e. The molecule has 2 aliphatic rings. The third-order valence-electron chi connectivity index (χ3n) is 6.05. The molecule has 9 heteroatoms. The molecular weight excluding hydrogens is 456 g/mol. The molecule has 0 unspecified atom stereocenters. The van der Waals surface area contributed by atoms with Gasteiger partial charge in [0.1, 0.15) is 6.10 Å². The van der Waals surface area contributed by atoms with E-state index in [9.17, 15) is 19.6 Å². The molecule has 35 heavy (non-hydrogen) atoms. The van der Waals surface area contributed by atoms with Crippen molar-refractivity contribution in [1.82, 2.24) is 0 Å². The lowest BCUT2D eigenvalue weighted by atomic mass is 9.74. The predicted octanol–water partition coefficient (Wildman–Crippen LogP) is 4.40. The van der Waals surface area contributed by atoms with Gasteiger partial charge in [0.15, 0.2) is 12.2 Å². The molecule has 1 heterocycles. The Balaban J connectivity index is 2.61. The third kappa shape index (κ3) is 7.80. The molecule has 0 aromatic rings. The molecule has 0 radical (unpaired) electrons. The Labute approximate surface area is 206 Å². The molecule has 0 saturated heterocycles. The van der Waals surface area contributed by atoms with Crippen LogP contribution in [0.4, 0.5) is 0 Å². The van der Waals surface area contributed by atoms with E-state index >= 15 is 0 Å². The van der Waals surface area contributed by atoms with Crippen molar-refractivity contribution in [2.75, 3.05) is 0 Å². The minimum Gasteiger partial charge on any atom is -0.462 e. The summed E-state index contributed by atoms with van der Waals surface area (Å²) in [4.78, 5) is 40.5. The van der Waals surface area contributed by atoms with Crippen molar-refractivity contribution in [1.29, 1.82) is 0 Å². The monoisotopic (exact) mass is 492 g/mol. The molecule has 0 spiro atoms. The Kier molecular flexibility index (Phi) is 10.3. The number of hydrogen-bond donors (Lipinski definition) is 1. The van der Waals surface area contributed by atoms with Crippen molar-refractivity contribution in [3.8, 4) is 0 Å². The Morgan fingerprint density at radius 3 is 2.17 bits per heavy atom. The fourth-order valence-electron chi connectivity index (χ4n) is 4.60. The van der Waals surface area contributed by atoms with Crippen LogP contribution in [0.5, 0.6) is 0 Å². The van der Waals surface area contributed by atoms with E-state index in [1.807, 2.05) is 13.8 Å². The van der Waals surface area contributed by atoms with E-state index in [1.54, 1.807) is 6.08 Å². The number of hydrogen-bond acceptors (Lipinski definition) is 9. The maximum atomic E-state index is 12.1. The SMILES string of the molecule is C=C1CC[C@H](OO)C(=C)CC[C@@H]2C([C@@H](OC(C)=O)[C@H](C=C(C)C)OC(C)=O)=CO[C@H](OC(C)=O)[C@@H]12. The van der Waals surface area contributed by atoms with Crippen molar-refractivity contribution >= 4 is 17.9 Å².